The number of likely N-dealkylation sites (tertiary alicyclic amines) is 1. The molecule has 2 unspecified atom stereocenters. The number of aliphatic hydroxyl groups excluding tert-OH is 1. The number of carbonyl (C=O) groups excluding carboxylic acids is 1. The number of carbonyl (C=O) groups is 1. The first-order valence-corrected chi connectivity index (χ1v) is 16.7. The lowest BCUT2D eigenvalue weighted by Gasteiger charge is -2.33. The van der Waals surface area contributed by atoms with Gasteiger partial charge in [0.15, 0.2) is 10.6 Å². The van der Waals surface area contributed by atoms with Gasteiger partial charge in [-0.15, -0.1) is 0 Å². The molecule has 4 aliphatic rings. The van der Waals surface area contributed by atoms with Crippen LogP contribution in [0, 0.1) is 0 Å². The van der Waals surface area contributed by atoms with Crippen molar-refractivity contribution in [2.24, 2.45) is 0 Å². The monoisotopic (exact) mass is 606 g/mol. The summed E-state index contributed by atoms with van der Waals surface area (Å²) in [6.45, 7) is 4.77. The first kappa shape index (κ1) is 31.1. The van der Waals surface area contributed by atoms with Gasteiger partial charge in [0, 0.05) is 45.0 Å². The third-order valence-electron chi connectivity index (χ3n) is 8.02. The second kappa shape index (κ2) is 15.4. The fraction of sp³-hybridized carbons (Fsp3) is 0.455. The van der Waals surface area contributed by atoms with E-state index in [2.05, 4.69) is 27.3 Å². The molecule has 2 aromatic carbocycles. The van der Waals surface area contributed by atoms with E-state index in [4.69, 9.17) is 9.47 Å². The van der Waals surface area contributed by atoms with E-state index >= 15 is 0 Å². The number of hydrogen-bond donors (Lipinski definition) is 2. The molecule has 230 valence electrons. The number of amides is 1. The largest absolute Gasteiger partial charge is 0.612 e. The quantitative estimate of drug-likeness (QED) is 0.352. The Kier molecular flexibility index (Phi) is 11.2. The zero-order valence-corrected chi connectivity index (χ0v) is 25.6. The number of fused-ring (bicyclic) bond motifs is 3. The molecule has 0 radical (unpaired) electrons. The van der Waals surface area contributed by atoms with Gasteiger partial charge in [0.2, 0.25) is 0 Å². The molecule has 3 aromatic rings. The van der Waals surface area contributed by atoms with Crippen molar-refractivity contribution >= 4 is 22.9 Å². The molecule has 5 heterocycles. The molecule has 1 amide bonds. The van der Waals surface area contributed by atoms with Crippen LogP contribution < -0.4 is 19.7 Å². The second-order valence-corrected chi connectivity index (χ2v) is 12.6. The van der Waals surface area contributed by atoms with Gasteiger partial charge in [-0.1, -0.05) is 24.3 Å². The van der Waals surface area contributed by atoms with Gasteiger partial charge in [-0.05, 0) is 85.2 Å². The lowest BCUT2D eigenvalue weighted by molar-refractivity contribution is 0.0724. The zero-order chi connectivity index (χ0) is 30.0. The number of aromatic nitrogens is 1. The molecule has 7 rings (SSSR count). The van der Waals surface area contributed by atoms with E-state index in [0.717, 1.165) is 70.0 Å². The average molecular weight is 607 g/mol. The second-order valence-electron chi connectivity index (χ2n) is 11.2. The van der Waals surface area contributed by atoms with Crippen molar-refractivity contribution in [3.05, 3.63) is 78.0 Å². The van der Waals surface area contributed by atoms with E-state index in [1.807, 2.05) is 41.3 Å². The number of hydrogen-bond acceptors (Lipinski definition) is 8. The number of nitrogens with zero attached hydrogens (tertiary/aromatic N) is 3. The third-order valence-corrected chi connectivity index (χ3v) is 8.97. The normalized spacial score (nSPS) is 17.8. The molecule has 0 aliphatic carbocycles. The van der Waals surface area contributed by atoms with Gasteiger partial charge in [-0.2, -0.15) is 0 Å². The van der Waals surface area contributed by atoms with Gasteiger partial charge in [0.1, 0.15) is 37.1 Å². The number of para-hydroxylation sites is 1. The first-order valence-electron chi connectivity index (χ1n) is 15.1. The lowest BCUT2D eigenvalue weighted by Crippen LogP contribution is -2.45. The Balaban J connectivity index is 0.000000392. The molecule has 4 aliphatic heterocycles. The third kappa shape index (κ3) is 8.86. The number of aliphatic hydroxyl groups is 1. The van der Waals surface area contributed by atoms with Crippen LogP contribution in [0.25, 0.3) is 0 Å². The first-order chi connectivity index (χ1) is 21.0. The number of anilines is 1. The van der Waals surface area contributed by atoms with Crippen molar-refractivity contribution in [2.75, 3.05) is 50.5 Å². The van der Waals surface area contributed by atoms with E-state index in [9.17, 15) is 14.5 Å². The summed E-state index contributed by atoms with van der Waals surface area (Å²) in [5.74, 6) is 2.52. The summed E-state index contributed by atoms with van der Waals surface area (Å²) < 4.78 is 22.7. The highest BCUT2D eigenvalue weighted by molar-refractivity contribution is 7.90. The van der Waals surface area contributed by atoms with Gasteiger partial charge < -0.3 is 34.2 Å². The molecular formula is C33H42N4O5S. The van der Waals surface area contributed by atoms with Crippen LogP contribution in [0.5, 0.6) is 11.5 Å². The predicted octanol–water partition coefficient (Wildman–Crippen LogP) is 4.02. The maximum Gasteiger partial charge on any atom is 0.255 e. The summed E-state index contributed by atoms with van der Waals surface area (Å²) in [5, 5.41) is 13.8. The maximum absolute atomic E-state index is 12.7. The lowest BCUT2D eigenvalue weighted by atomic mass is 10.0. The van der Waals surface area contributed by atoms with Crippen LogP contribution in [-0.4, -0.2) is 83.2 Å². The maximum atomic E-state index is 12.7. The summed E-state index contributed by atoms with van der Waals surface area (Å²) in [7, 11) is 0. The Morgan fingerprint density at radius 2 is 1.81 bits per heavy atom. The van der Waals surface area contributed by atoms with Crippen molar-refractivity contribution < 1.29 is 23.9 Å². The van der Waals surface area contributed by atoms with Gasteiger partial charge in [-0.25, -0.2) is 4.98 Å². The minimum atomic E-state index is -1.14. The highest BCUT2D eigenvalue weighted by Crippen LogP contribution is 2.24. The van der Waals surface area contributed by atoms with Crippen LogP contribution in [0.1, 0.15) is 48.0 Å². The minimum Gasteiger partial charge on any atom is -0.612 e. The Morgan fingerprint density at radius 1 is 1.07 bits per heavy atom. The summed E-state index contributed by atoms with van der Waals surface area (Å²) >= 11 is -1.14. The molecule has 2 fully saturated rings. The molecule has 9 nitrogen and oxygen atoms in total. The Labute approximate surface area is 257 Å². The molecule has 10 heteroatoms. The van der Waals surface area contributed by atoms with E-state index in [0.29, 0.717) is 28.8 Å². The number of nitrogens with one attached hydrogen (secondary N) is 1. The average Bonchev–Trinajstić information content (AvgIpc) is 3.08. The Morgan fingerprint density at radius 3 is 2.40 bits per heavy atom. The topological polar surface area (TPSA) is 110 Å². The number of rotatable bonds is 9. The number of piperidine rings is 2. The van der Waals surface area contributed by atoms with Gasteiger partial charge in [0.25, 0.3) is 5.91 Å². The molecule has 2 atom stereocenters. The minimum absolute atomic E-state index is 0.0839. The van der Waals surface area contributed by atoms with Crippen molar-refractivity contribution in [3.8, 4) is 11.5 Å². The SMILES string of the molecule is C[S+]([O-])c1ccccc1OCC(O)CNC1CCN(c2ccc(C(=O)N3CCCCC3)cn2)CC1.c1cc2ccc1CO2. The standard InChI is InChI=1S/C26H36N4O4S.C7H6O/c1-35(33)24-8-4-3-7-23(24)34-19-22(31)18-27-21-11-15-29(16-12-21)25-10-9-20(17-28-25)26(32)30-13-5-2-6-14-30;1-3-7-4-2-6(1)5-8-7/h3-4,7-10,17,21-22,27,31H,2,5-6,11-16,18-19H2,1H3;1-4H,5H2. The van der Waals surface area contributed by atoms with Gasteiger partial charge in [-0.3, -0.25) is 4.79 Å². The summed E-state index contributed by atoms with van der Waals surface area (Å²) in [5.41, 5.74) is 1.93. The Bertz CT molecular complexity index is 1270. The van der Waals surface area contributed by atoms with E-state index in [1.54, 1.807) is 24.6 Å². The fourth-order valence-electron chi connectivity index (χ4n) is 5.49. The molecule has 1 aromatic heterocycles. The molecular weight excluding hydrogens is 564 g/mol. The highest BCUT2D eigenvalue weighted by Gasteiger charge is 2.23. The van der Waals surface area contributed by atoms with E-state index < -0.39 is 17.3 Å². The molecule has 0 saturated carbocycles. The fourth-order valence-corrected chi connectivity index (χ4v) is 6.18. The van der Waals surface area contributed by atoms with Gasteiger partial charge in [0.05, 0.1) is 5.56 Å². The van der Waals surface area contributed by atoms with Crippen LogP contribution in [0.15, 0.2) is 71.8 Å². The smallest absolute Gasteiger partial charge is 0.255 e. The van der Waals surface area contributed by atoms with Crippen molar-refractivity contribution in [3.63, 3.8) is 0 Å². The van der Waals surface area contributed by atoms with Crippen molar-refractivity contribution in [1.82, 2.24) is 15.2 Å². The van der Waals surface area contributed by atoms with Crippen LogP contribution in [0.3, 0.4) is 0 Å². The van der Waals surface area contributed by atoms with Crippen LogP contribution in [0.2, 0.25) is 0 Å². The van der Waals surface area contributed by atoms with Crippen LogP contribution in [-0.2, 0) is 17.8 Å². The zero-order valence-electron chi connectivity index (χ0n) is 24.8. The number of ether oxygens (including phenoxy) is 2. The molecule has 2 saturated heterocycles. The number of pyridine rings is 1. The summed E-state index contributed by atoms with van der Waals surface area (Å²) in [6, 6.07) is 19.5. The van der Waals surface area contributed by atoms with Crippen LogP contribution in [0.4, 0.5) is 5.82 Å². The Hall–Kier alpha value is -3.31. The summed E-state index contributed by atoms with van der Waals surface area (Å²) in [4.78, 5) is 22.0. The van der Waals surface area contributed by atoms with Crippen molar-refractivity contribution in [2.45, 2.75) is 55.8 Å². The highest BCUT2D eigenvalue weighted by atomic mass is 32.2. The van der Waals surface area contributed by atoms with Gasteiger partial charge >= 0.3 is 0 Å². The summed E-state index contributed by atoms with van der Waals surface area (Å²) in [6.07, 6.45) is 7.93. The van der Waals surface area contributed by atoms with E-state index in [1.165, 1.54) is 12.0 Å². The molecule has 2 bridgehead atoms. The van der Waals surface area contributed by atoms with Crippen LogP contribution >= 0.6 is 0 Å². The van der Waals surface area contributed by atoms with Crippen molar-refractivity contribution in [1.29, 1.82) is 0 Å². The van der Waals surface area contributed by atoms with E-state index in [-0.39, 0.29) is 12.5 Å². The molecule has 2 N–H and O–H groups in total. The predicted molar refractivity (Wildman–Crippen MR) is 168 cm³/mol. The number of benzene rings is 2. The molecule has 43 heavy (non-hydrogen) atoms. The molecule has 0 spiro atoms.